The molecule has 6 rings (SSSR count). The molecule has 3 aromatic rings. The molecule has 11 heteroatoms. The second kappa shape index (κ2) is 8.37. The minimum absolute atomic E-state index is 0.0768. The number of nitrogens with one attached hydrogen (secondary N) is 1. The maximum Gasteiger partial charge on any atom is 0.402 e. The van der Waals surface area contributed by atoms with Gasteiger partial charge >= 0.3 is 6.18 Å². The Morgan fingerprint density at radius 2 is 1.76 bits per heavy atom. The highest BCUT2D eigenvalue weighted by Crippen LogP contribution is 2.51. The third-order valence-corrected chi connectivity index (χ3v) is 9.78. The third-order valence-electron chi connectivity index (χ3n) is 8.21. The van der Waals surface area contributed by atoms with Crippen molar-refractivity contribution in [3.63, 3.8) is 0 Å². The Labute approximate surface area is 212 Å². The number of hydrogen-bond acceptors (Lipinski definition) is 3. The lowest BCUT2D eigenvalue weighted by atomic mass is 9.79. The second-order valence-corrected chi connectivity index (χ2v) is 12.1. The Morgan fingerprint density at radius 3 is 2.46 bits per heavy atom. The van der Waals surface area contributed by atoms with Crippen LogP contribution in [0.25, 0.3) is 22.5 Å². The highest BCUT2D eigenvalue weighted by atomic mass is 32.2. The zero-order valence-corrected chi connectivity index (χ0v) is 20.9. The van der Waals surface area contributed by atoms with Crippen molar-refractivity contribution in [1.82, 2.24) is 18.8 Å². The van der Waals surface area contributed by atoms with Crippen LogP contribution in [0.4, 0.5) is 17.6 Å². The molecule has 2 bridgehead atoms. The van der Waals surface area contributed by atoms with Gasteiger partial charge in [-0.3, -0.25) is 4.68 Å². The molecule has 3 aliphatic rings. The van der Waals surface area contributed by atoms with E-state index in [2.05, 4.69) is 15.9 Å². The first-order valence-corrected chi connectivity index (χ1v) is 13.7. The van der Waals surface area contributed by atoms with Crippen molar-refractivity contribution in [2.75, 3.05) is 13.1 Å². The van der Waals surface area contributed by atoms with E-state index in [1.165, 1.54) is 12.1 Å². The summed E-state index contributed by atoms with van der Waals surface area (Å²) < 4.78 is 83.5. The number of aryl methyl sites for hydroxylation is 1. The first-order valence-electron chi connectivity index (χ1n) is 12.2. The van der Waals surface area contributed by atoms with Crippen LogP contribution in [-0.4, -0.2) is 47.3 Å². The summed E-state index contributed by atoms with van der Waals surface area (Å²) in [4.78, 5) is 0. The minimum atomic E-state index is -4.60. The van der Waals surface area contributed by atoms with Gasteiger partial charge in [-0.05, 0) is 72.9 Å². The molecular weight excluding hydrogens is 508 g/mol. The van der Waals surface area contributed by atoms with Crippen LogP contribution in [0.2, 0.25) is 0 Å². The van der Waals surface area contributed by atoms with Gasteiger partial charge in [0.1, 0.15) is 12.4 Å². The van der Waals surface area contributed by atoms with Gasteiger partial charge < -0.3 is 0 Å². The zero-order chi connectivity index (χ0) is 26.2. The maximum atomic E-state index is 13.8. The molecule has 3 atom stereocenters. The lowest BCUT2D eigenvalue weighted by molar-refractivity contribution is -0.136. The maximum absolute atomic E-state index is 13.8. The number of aromatic nitrogens is 2. The smallest absolute Gasteiger partial charge is 0.267 e. The van der Waals surface area contributed by atoms with E-state index in [4.69, 9.17) is 0 Å². The molecule has 0 amide bonds. The SMILES string of the molecule is Cn1nc(-c2ccc3c(c2)C[C@@H]2CC[C@H](C3)[C@]23CN(CC(F)(F)F)S(=O)(=O)N3)cc1-c1cccc(F)c1. The normalized spacial score (nSPS) is 26.9. The fourth-order valence-corrected chi connectivity index (χ4v) is 8.24. The monoisotopic (exact) mass is 534 g/mol. The zero-order valence-electron chi connectivity index (χ0n) is 20.1. The molecule has 1 aliphatic heterocycles. The number of benzene rings is 2. The van der Waals surface area contributed by atoms with Crippen molar-refractivity contribution in [3.8, 4) is 22.5 Å². The largest absolute Gasteiger partial charge is 0.402 e. The Bertz CT molecular complexity index is 1490. The van der Waals surface area contributed by atoms with Gasteiger partial charge in [-0.2, -0.15) is 35.7 Å². The molecule has 1 spiro atoms. The van der Waals surface area contributed by atoms with Gasteiger partial charge in [0.15, 0.2) is 0 Å². The van der Waals surface area contributed by atoms with E-state index in [1.807, 2.05) is 24.3 Å². The highest BCUT2D eigenvalue weighted by Gasteiger charge is 2.60. The standard InChI is InChI=1S/C26H26F4N4O2S/c1-33-24(18-3-2-4-22(27)12-18)13-23(31-33)17-6-5-16-10-20-7-8-21(11-19(16)9-17)25(20)14-34(15-26(28,29)30)37(35,36)32-25/h2-6,9,12-13,20-21,32H,7-8,10-11,14-15H2,1H3/t20-,21+,25-/m1/s1. The van der Waals surface area contributed by atoms with Gasteiger partial charge in [0, 0.05) is 24.7 Å². The van der Waals surface area contributed by atoms with Crippen LogP contribution in [0.1, 0.15) is 24.0 Å². The van der Waals surface area contributed by atoms with Crippen LogP contribution in [0.3, 0.4) is 0 Å². The molecule has 0 unspecified atom stereocenters. The summed E-state index contributed by atoms with van der Waals surface area (Å²) in [5.41, 5.74) is 4.35. The molecule has 1 saturated heterocycles. The third kappa shape index (κ3) is 4.26. The molecular formula is C26H26F4N4O2S. The summed E-state index contributed by atoms with van der Waals surface area (Å²) in [6, 6.07) is 14.3. The molecule has 2 heterocycles. The summed E-state index contributed by atoms with van der Waals surface area (Å²) in [5.74, 6) is -0.508. The molecule has 1 N–H and O–H groups in total. The number of halogens is 4. The summed E-state index contributed by atoms with van der Waals surface area (Å²) in [6.45, 7) is -1.64. The predicted octanol–water partition coefficient (Wildman–Crippen LogP) is 4.47. The van der Waals surface area contributed by atoms with Gasteiger partial charge in [0.2, 0.25) is 0 Å². The average molecular weight is 535 g/mol. The first kappa shape index (κ1) is 24.6. The van der Waals surface area contributed by atoms with Crippen LogP contribution in [-0.2, 0) is 30.1 Å². The molecule has 2 aromatic carbocycles. The van der Waals surface area contributed by atoms with E-state index in [1.54, 1.807) is 17.8 Å². The van der Waals surface area contributed by atoms with Crippen molar-refractivity contribution < 1.29 is 26.0 Å². The quantitative estimate of drug-likeness (QED) is 0.505. The number of fused-ring (bicyclic) bond motifs is 1. The van der Waals surface area contributed by atoms with Crippen molar-refractivity contribution in [1.29, 1.82) is 0 Å². The van der Waals surface area contributed by atoms with E-state index < -0.39 is 28.5 Å². The molecule has 2 fully saturated rings. The van der Waals surface area contributed by atoms with Crippen molar-refractivity contribution in [3.05, 3.63) is 65.5 Å². The molecule has 196 valence electrons. The second-order valence-electron chi connectivity index (χ2n) is 10.4. The molecule has 0 radical (unpaired) electrons. The van der Waals surface area contributed by atoms with Crippen molar-refractivity contribution in [2.24, 2.45) is 18.9 Å². The Kier molecular flexibility index (Phi) is 5.56. The van der Waals surface area contributed by atoms with Gasteiger partial charge in [0.05, 0.1) is 16.9 Å². The highest BCUT2D eigenvalue weighted by molar-refractivity contribution is 7.87. The van der Waals surface area contributed by atoms with Crippen LogP contribution in [0, 0.1) is 17.7 Å². The molecule has 1 aromatic heterocycles. The summed E-state index contributed by atoms with van der Waals surface area (Å²) in [6.07, 6.45) is -1.90. The van der Waals surface area contributed by atoms with E-state index >= 15 is 0 Å². The average Bonchev–Trinajstić information content (AvgIpc) is 3.38. The van der Waals surface area contributed by atoms with Crippen molar-refractivity contribution in [2.45, 2.75) is 37.4 Å². The number of alkyl halides is 3. The molecule has 2 aliphatic carbocycles. The minimum Gasteiger partial charge on any atom is -0.267 e. The van der Waals surface area contributed by atoms with E-state index in [9.17, 15) is 26.0 Å². The number of hydrogen-bond donors (Lipinski definition) is 1. The number of nitrogens with zero attached hydrogens (tertiary/aromatic N) is 3. The molecule has 37 heavy (non-hydrogen) atoms. The van der Waals surface area contributed by atoms with E-state index in [-0.39, 0.29) is 24.2 Å². The van der Waals surface area contributed by atoms with Crippen LogP contribution in [0.5, 0.6) is 0 Å². The van der Waals surface area contributed by atoms with Crippen LogP contribution < -0.4 is 4.72 Å². The predicted molar refractivity (Wildman–Crippen MR) is 130 cm³/mol. The lowest BCUT2D eigenvalue weighted by Crippen LogP contribution is -2.52. The van der Waals surface area contributed by atoms with E-state index in [0.29, 0.717) is 22.7 Å². The molecule has 6 nitrogen and oxygen atoms in total. The van der Waals surface area contributed by atoms with Gasteiger partial charge in [-0.25, -0.2) is 4.39 Å². The van der Waals surface area contributed by atoms with Crippen LogP contribution in [0.15, 0.2) is 48.5 Å². The lowest BCUT2D eigenvalue weighted by Gasteiger charge is -2.33. The van der Waals surface area contributed by atoms with Gasteiger partial charge in [-0.15, -0.1) is 0 Å². The molecule has 1 saturated carbocycles. The topological polar surface area (TPSA) is 67.2 Å². The Morgan fingerprint density at radius 1 is 1.03 bits per heavy atom. The summed E-state index contributed by atoms with van der Waals surface area (Å²) in [7, 11) is -2.42. The summed E-state index contributed by atoms with van der Waals surface area (Å²) in [5, 5.41) is 4.63. The van der Waals surface area contributed by atoms with Gasteiger partial charge in [-0.1, -0.05) is 24.3 Å². The van der Waals surface area contributed by atoms with E-state index in [0.717, 1.165) is 40.9 Å². The Hall–Kier alpha value is -2.76. The fraction of sp³-hybridized carbons (Fsp3) is 0.423. The summed E-state index contributed by atoms with van der Waals surface area (Å²) >= 11 is 0. The van der Waals surface area contributed by atoms with Crippen molar-refractivity contribution >= 4 is 10.2 Å². The number of rotatable bonds is 3. The Balaban J connectivity index is 1.31. The fourth-order valence-electron chi connectivity index (χ4n) is 6.53. The van der Waals surface area contributed by atoms with Gasteiger partial charge in [0.25, 0.3) is 10.2 Å². The van der Waals surface area contributed by atoms with Crippen LogP contribution >= 0.6 is 0 Å². The first-order chi connectivity index (χ1) is 17.4.